The lowest BCUT2D eigenvalue weighted by molar-refractivity contribution is 0.122. The van der Waals surface area contributed by atoms with Crippen molar-refractivity contribution in [3.8, 4) is 22.9 Å². The predicted octanol–water partition coefficient (Wildman–Crippen LogP) is 6.24. The van der Waals surface area contributed by atoms with Crippen LogP contribution >= 0.6 is 0 Å². The maximum Gasteiger partial charge on any atom is 0.159 e. The van der Waals surface area contributed by atoms with E-state index in [0.717, 1.165) is 56.6 Å². The number of hydrogen-bond acceptors (Lipinski definition) is 5. The van der Waals surface area contributed by atoms with Crippen LogP contribution in [0.2, 0.25) is 0 Å². The molecule has 30 heavy (non-hydrogen) atoms. The monoisotopic (exact) mass is 412 g/mol. The smallest absolute Gasteiger partial charge is 0.159 e. The van der Waals surface area contributed by atoms with E-state index in [0.29, 0.717) is 24.8 Å². The summed E-state index contributed by atoms with van der Waals surface area (Å²) >= 11 is 0. The largest absolute Gasteiger partial charge is 0.490 e. The van der Waals surface area contributed by atoms with Gasteiger partial charge in [-0.3, -0.25) is 0 Å². The molecule has 1 aromatic heterocycles. The first-order valence-electron chi connectivity index (χ1n) is 11.2. The second kappa shape index (κ2) is 15.4. The molecule has 5 nitrogen and oxygen atoms in total. The summed E-state index contributed by atoms with van der Waals surface area (Å²) in [5.41, 5.74) is 0.954. The summed E-state index contributed by atoms with van der Waals surface area (Å²) in [4.78, 5) is 8.84. The van der Waals surface area contributed by atoms with Gasteiger partial charge in [-0.25, -0.2) is 9.97 Å². The molecule has 0 N–H and O–H groups in total. The summed E-state index contributed by atoms with van der Waals surface area (Å²) in [6.07, 6.45) is 15.5. The molecule has 0 radical (unpaired) electrons. The molecule has 0 aliphatic rings. The van der Waals surface area contributed by atoms with Crippen molar-refractivity contribution in [3.05, 3.63) is 48.8 Å². The third-order valence-electron chi connectivity index (χ3n) is 4.55. The second-order valence-electron chi connectivity index (χ2n) is 7.21. The third kappa shape index (κ3) is 9.88. The molecule has 0 unspecified atom stereocenters. The summed E-state index contributed by atoms with van der Waals surface area (Å²) in [5.74, 6) is 2.22. The average Bonchev–Trinajstić information content (AvgIpc) is 2.79. The summed E-state index contributed by atoms with van der Waals surface area (Å²) in [6, 6.07) is 7.84. The minimum atomic E-state index is 0.590. The molecule has 0 aliphatic carbocycles. The fraction of sp³-hybridized carbons (Fsp3) is 0.520. The van der Waals surface area contributed by atoms with Crippen LogP contribution in [0.15, 0.2) is 48.8 Å². The van der Waals surface area contributed by atoms with Gasteiger partial charge >= 0.3 is 0 Å². The number of benzene rings is 1. The maximum absolute atomic E-state index is 5.73. The molecule has 164 valence electrons. The van der Waals surface area contributed by atoms with E-state index < -0.39 is 0 Å². The van der Waals surface area contributed by atoms with Crippen LogP contribution in [0.3, 0.4) is 0 Å². The minimum Gasteiger partial charge on any atom is -0.490 e. The number of nitrogens with zero attached hydrogens (tertiary/aromatic N) is 2. The van der Waals surface area contributed by atoms with Gasteiger partial charge in [0.2, 0.25) is 0 Å². The van der Waals surface area contributed by atoms with Gasteiger partial charge < -0.3 is 14.2 Å². The normalized spacial score (nSPS) is 11.1. The van der Waals surface area contributed by atoms with E-state index in [1.165, 1.54) is 12.8 Å². The number of ether oxygens (including phenoxy) is 3. The van der Waals surface area contributed by atoms with Crippen LogP contribution in [0, 0.1) is 0 Å². The Morgan fingerprint density at radius 3 is 2.13 bits per heavy atom. The van der Waals surface area contributed by atoms with Gasteiger partial charge in [0.15, 0.2) is 11.6 Å². The second-order valence-corrected chi connectivity index (χ2v) is 7.21. The Balaban J connectivity index is 1.66. The Kier molecular flexibility index (Phi) is 12.3. The molecule has 2 aromatic rings. The molecule has 0 amide bonds. The van der Waals surface area contributed by atoms with Gasteiger partial charge in [-0.15, -0.1) is 0 Å². The van der Waals surface area contributed by atoms with Gasteiger partial charge in [0, 0.05) is 18.8 Å². The predicted molar refractivity (Wildman–Crippen MR) is 122 cm³/mol. The summed E-state index contributed by atoms with van der Waals surface area (Å²) < 4.78 is 17.0. The molecule has 1 aromatic carbocycles. The highest BCUT2D eigenvalue weighted by Crippen LogP contribution is 2.20. The Morgan fingerprint density at radius 1 is 0.733 bits per heavy atom. The first kappa shape index (κ1) is 23.9. The molecule has 0 fully saturated rings. The van der Waals surface area contributed by atoms with Crippen molar-refractivity contribution in [3.63, 3.8) is 0 Å². The summed E-state index contributed by atoms with van der Waals surface area (Å²) in [7, 11) is 0. The van der Waals surface area contributed by atoms with E-state index in [9.17, 15) is 0 Å². The summed E-state index contributed by atoms with van der Waals surface area (Å²) in [6.45, 7) is 7.28. The van der Waals surface area contributed by atoms with Gasteiger partial charge in [0.05, 0.1) is 19.0 Å². The highest BCUT2D eigenvalue weighted by Gasteiger charge is 2.03. The zero-order chi connectivity index (χ0) is 21.3. The van der Waals surface area contributed by atoms with E-state index in [1.54, 1.807) is 12.4 Å². The number of rotatable bonds is 16. The lowest BCUT2D eigenvalue weighted by Crippen LogP contribution is -2.02. The lowest BCUT2D eigenvalue weighted by Gasteiger charge is -2.07. The van der Waals surface area contributed by atoms with Crippen LogP contribution in [0.4, 0.5) is 0 Å². The van der Waals surface area contributed by atoms with Gasteiger partial charge in [0.1, 0.15) is 12.4 Å². The van der Waals surface area contributed by atoms with Crippen molar-refractivity contribution >= 4 is 0 Å². The fourth-order valence-corrected chi connectivity index (χ4v) is 2.79. The first-order chi connectivity index (χ1) is 14.8. The van der Waals surface area contributed by atoms with Crippen molar-refractivity contribution < 1.29 is 14.2 Å². The zero-order valence-corrected chi connectivity index (χ0v) is 18.5. The molecule has 0 saturated heterocycles. The van der Waals surface area contributed by atoms with E-state index >= 15 is 0 Å². The zero-order valence-electron chi connectivity index (χ0n) is 18.5. The molecular formula is C25H36N2O3. The Labute approximate surface area is 181 Å². The van der Waals surface area contributed by atoms with Crippen LogP contribution in [-0.2, 0) is 4.74 Å². The van der Waals surface area contributed by atoms with Crippen molar-refractivity contribution in [1.29, 1.82) is 0 Å². The Bertz CT molecular complexity index is 699. The SMILES string of the molecule is CCCC=CCOc1ccc(-c2ncc(OCCCCOCCCCC)cn2)cc1. The Hall–Kier alpha value is -2.40. The van der Waals surface area contributed by atoms with Gasteiger partial charge in [0.25, 0.3) is 0 Å². The number of aromatic nitrogens is 2. The molecule has 0 atom stereocenters. The highest BCUT2D eigenvalue weighted by molar-refractivity contribution is 5.56. The van der Waals surface area contributed by atoms with Crippen molar-refractivity contribution in [2.24, 2.45) is 0 Å². The number of hydrogen-bond donors (Lipinski definition) is 0. The number of unbranched alkanes of at least 4 members (excludes halogenated alkanes) is 4. The van der Waals surface area contributed by atoms with Crippen molar-refractivity contribution in [2.45, 2.75) is 58.8 Å². The van der Waals surface area contributed by atoms with Crippen LogP contribution < -0.4 is 9.47 Å². The lowest BCUT2D eigenvalue weighted by atomic mass is 10.2. The van der Waals surface area contributed by atoms with E-state index in [4.69, 9.17) is 14.2 Å². The average molecular weight is 413 g/mol. The maximum atomic E-state index is 5.73. The molecular weight excluding hydrogens is 376 g/mol. The highest BCUT2D eigenvalue weighted by atomic mass is 16.5. The molecule has 1 heterocycles. The molecule has 2 rings (SSSR count). The first-order valence-corrected chi connectivity index (χ1v) is 11.2. The molecule has 0 saturated carbocycles. The molecule has 0 spiro atoms. The number of allylic oxidation sites excluding steroid dienone is 1. The van der Waals surface area contributed by atoms with E-state index in [2.05, 4.69) is 36.0 Å². The van der Waals surface area contributed by atoms with Gasteiger partial charge in [-0.2, -0.15) is 0 Å². The van der Waals surface area contributed by atoms with Gasteiger partial charge in [-0.1, -0.05) is 45.3 Å². The summed E-state index contributed by atoms with van der Waals surface area (Å²) in [5, 5.41) is 0. The van der Waals surface area contributed by atoms with Crippen molar-refractivity contribution in [2.75, 3.05) is 26.4 Å². The quantitative estimate of drug-likeness (QED) is 0.241. The minimum absolute atomic E-state index is 0.590. The van der Waals surface area contributed by atoms with E-state index in [-0.39, 0.29) is 0 Å². The van der Waals surface area contributed by atoms with Gasteiger partial charge in [-0.05, 0) is 49.9 Å². The third-order valence-corrected chi connectivity index (χ3v) is 4.55. The fourth-order valence-electron chi connectivity index (χ4n) is 2.79. The molecule has 5 heteroatoms. The van der Waals surface area contributed by atoms with E-state index in [1.807, 2.05) is 24.3 Å². The van der Waals surface area contributed by atoms with Crippen LogP contribution in [0.5, 0.6) is 11.5 Å². The topological polar surface area (TPSA) is 53.5 Å². The van der Waals surface area contributed by atoms with Crippen LogP contribution in [0.1, 0.15) is 58.8 Å². The van der Waals surface area contributed by atoms with Crippen molar-refractivity contribution in [1.82, 2.24) is 9.97 Å². The van der Waals surface area contributed by atoms with Crippen LogP contribution in [0.25, 0.3) is 11.4 Å². The van der Waals surface area contributed by atoms with Crippen LogP contribution in [-0.4, -0.2) is 36.4 Å². The standard InChI is InChI=1S/C25H36N2O3/c1-3-5-7-9-18-29-23-14-12-22(13-15-23)25-26-20-24(21-27-25)30-19-11-10-17-28-16-8-6-4-2/h7,9,12-15,20-21H,3-6,8,10-11,16-19H2,1-2H3. The Morgan fingerprint density at radius 2 is 1.43 bits per heavy atom. The molecule has 0 aliphatic heterocycles. The molecule has 0 bridgehead atoms.